The van der Waals surface area contributed by atoms with Gasteiger partial charge in [0.05, 0.1) is 18.0 Å². The normalized spacial score (nSPS) is 12.1. The maximum atomic E-state index is 13.2. The van der Waals surface area contributed by atoms with E-state index in [2.05, 4.69) is 4.98 Å². The second-order valence-corrected chi connectivity index (χ2v) is 7.93. The highest BCUT2D eigenvalue weighted by atomic mass is 32.1. The molecule has 0 unspecified atom stereocenters. The molecule has 2 aromatic heterocycles. The third-order valence-corrected chi connectivity index (χ3v) is 5.33. The van der Waals surface area contributed by atoms with Gasteiger partial charge in [-0.1, -0.05) is 19.9 Å². The molecule has 0 saturated carbocycles. The summed E-state index contributed by atoms with van der Waals surface area (Å²) in [6.07, 6.45) is 0. The van der Waals surface area contributed by atoms with Crippen LogP contribution in [0.2, 0.25) is 0 Å². The molecule has 0 aromatic carbocycles. The third-order valence-electron chi connectivity index (χ3n) is 4.48. The molecule has 0 radical (unpaired) electrons. The van der Waals surface area contributed by atoms with Crippen LogP contribution in [0.3, 0.4) is 0 Å². The molecule has 2 rings (SSSR count). The standard InChI is InChI=1S/C20H26N2O4S/c1-11(2)10-22(19(24)15-8-7-9-27-15)14(5)18(23)16-12(3)17(20(25)26-6)21-13(16)4/h7-9,11,14,21H,10H2,1-6H3/t14-/m0/s1. The van der Waals surface area contributed by atoms with Crippen LogP contribution in [0, 0.1) is 19.8 Å². The number of amides is 1. The van der Waals surface area contributed by atoms with E-state index in [0.29, 0.717) is 28.2 Å². The minimum atomic E-state index is -0.652. The zero-order valence-electron chi connectivity index (χ0n) is 16.6. The van der Waals surface area contributed by atoms with E-state index in [1.54, 1.807) is 31.7 Å². The number of aryl methyl sites for hydroxylation is 1. The average molecular weight is 391 g/mol. The summed E-state index contributed by atoms with van der Waals surface area (Å²) in [5, 5.41) is 1.84. The summed E-state index contributed by atoms with van der Waals surface area (Å²) in [7, 11) is 1.30. The highest BCUT2D eigenvalue weighted by Gasteiger charge is 2.32. The second-order valence-electron chi connectivity index (χ2n) is 6.99. The Labute approximate surface area is 163 Å². The van der Waals surface area contributed by atoms with Gasteiger partial charge in [0.1, 0.15) is 5.69 Å². The Hall–Kier alpha value is -2.41. The van der Waals surface area contributed by atoms with Gasteiger partial charge in [-0.2, -0.15) is 0 Å². The Kier molecular flexibility index (Phi) is 6.59. The van der Waals surface area contributed by atoms with Crippen LogP contribution >= 0.6 is 11.3 Å². The number of thiophene rings is 1. The van der Waals surface area contributed by atoms with E-state index in [1.807, 2.05) is 25.3 Å². The van der Waals surface area contributed by atoms with E-state index in [1.165, 1.54) is 18.4 Å². The average Bonchev–Trinajstić information content (AvgIpc) is 3.25. The summed E-state index contributed by atoms with van der Waals surface area (Å²) in [4.78, 5) is 43.3. The fraction of sp³-hybridized carbons (Fsp3) is 0.450. The molecule has 0 spiro atoms. The van der Waals surface area contributed by atoms with Gasteiger partial charge in [-0.3, -0.25) is 9.59 Å². The summed E-state index contributed by atoms with van der Waals surface area (Å²) >= 11 is 1.36. The number of esters is 1. The van der Waals surface area contributed by atoms with Crippen LogP contribution < -0.4 is 0 Å². The number of ketones is 1. The van der Waals surface area contributed by atoms with Crippen molar-refractivity contribution in [3.05, 3.63) is 44.9 Å². The SMILES string of the molecule is COC(=O)c1[nH]c(C)c(C(=O)[C@H](C)N(CC(C)C)C(=O)c2cccs2)c1C. The Morgan fingerprint density at radius 1 is 1.22 bits per heavy atom. The highest BCUT2D eigenvalue weighted by Crippen LogP contribution is 2.24. The van der Waals surface area contributed by atoms with Crippen molar-refractivity contribution in [2.24, 2.45) is 5.92 Å². The lowest BCUT2D eigenvalue weighted by Crippen LogP contribution is -2.45. The first-order chi connectivity index (χ1) is 12.7. The van der Waals surface area contributed by atoms with Gasteiger partial charge in [0, 0.05) is 17.8 Å². The van der Waals surface area contributed by atoms with Crippen LogP contribution in [0.25, 0.3) is 0 Å². The van der Waals surface area contributed by atoms with Crippen molar-refractivity contribution in [3.8, 4) is 0 Å². The molecule has 2 heterocycles. The lowest BCUT2D eigenvalue weighted by Gasteiger charge is -2.29. The lowest BCUT2D eigenvalue weighted by molar-refractivity contribution is 0.0591. The first-order valence-electron chi connectivity index (χ1n) is 8.85. The molecule has 2 aromatic rings. The predicted octanol–water partition coefficient (Wildman–Crippen LogP) is 3.85. The van der Waals surface area contributed by atoms with Gasteiger partial charge in [0.25, 0.3) is 5.91 Å². The van der Waals surface area contributed by atoms with Gasteiger partial charge in [0.15, 0.2) is 5.78 Å². The number of carbonyl (C=O) groups excluding carboxylic acids is 3. The maximum absolute atomic E-state index is 13.2. The molecule has 7 heteroatoms. The number of nitrogens with zero attached hydrogens (tertiary/aromatic N) is 1. The molecule has 0 aliphatic carbocycles. The molecular formula is C20H26N2O4S. The van der Waals surface area contributed by atoms with Crippen molar-refractivity contribution in [1.29, 1.82) is 0 Å². The number of carbonyl (C=O) groups is 3. The number of nitrogens with one attached hydrogen (secondary N) is 1. The summed E-state index contributed by atoms with van der Waals surface area (Å²) in [5.74, 6) is -0.653. The molecular weight excluding hydrogens is 364 g/mol. The molecule has 0 saturated heterocycles. The number of aromatic amines is 1. The summed E-state index contributed by atoms with van der Waals surface area (Å²) in [6, 6.07) is 2.93. The molecule has 1 N–H and O–H groups in total. The number of aromatic nitrogens is 1. The number of Topliss-reactive ketones (excluding diaryl/α,β-unsaturated/α-hetero) is 1. The van der Waals surface area contributed by atoms with Crippen molar-refractivity contribution in [2.45, 2.75) is 40.7 Å². The molecule has 0 aliphatic heterocycles. The monoisotopic (exact) mass is 390 g/mol. The molecule has 1 atom stereocenters. The Bertz CT molecular complexity index is 837. The number of hydrogen-bond acceptors (Lipinski definition) is 5. The fourth-order valence-electron chi connectivity index (χ4n) is 3.13. The van der Waals surface area contributed by atoms with Gasteiger partial charge in [-0.15, -0.1) is 11.3 Å². The van der Waals surface area contributed by atoms with Crippen LogP contribution in [0.5, 0.6) is 0 Å². The Morgan fingerprint density at radius 3 is 2.41 bits per heavy atom. The molecule has 0 aliphatic rings. The summed E-state index contributed by atoms with van der Waals surface area (Å²) in [5.41, 5.74) is 1.85. The first kappa shape index (κ1) is 20.9. The first-order valence-corrected chi connectivity index (χ1v) is 9.73. The summed E-state index contributed by atoms with van der Waals surface area (Å²) in [6.45, 7) is 9.68. The van der Waals surface area contributed by atoms with E-state index >= 15 is 0 Å². The van der Waals surface area contributed by atoms with Crippen molar-refractivity contribution in [2.75, 3.05) is 13.7 Å². The lowest BCUT2D eigenvalue weighted by atomic mass is 9.99. The topological polar surface area (TPSA) is 79.5 Å². The van der Waals surface area contributed by atoms with Crippen molar-refractivity contribution in [3.63, 3.8) is 0 Å². The Balaban J connectivity index is 2.39. The molecule has 6 nitrogen and oxygen atoms in total. The van der Waals surface area contributed by atoms with Gasteiger partial charge < -0.3 is 14.6 Å². The number of methoxy groups -OCH3 is 1. The zero-order valence-corrected chi connectivity index (χ0v) is 17.4. The number of hydrogen-bond donors (Lipinski definition) is 1. The summed E-state index contributed by atoms with van der Waals surface area (Å²) < 4.78 is 4.77. The van der Waals surface area contributed by atoms with Crippen LogP contribution in [-0.4, -0.2) is 47.2 Å². The van der Waals surface area contributed by atoms with Gasteiger partial charge >= 0.3 is 5.97 Å². The fourth-order valence-corrected chi connectivity index (χ4v) is 3.81. The molecule has 146 valence electrons. The molecule has 27 heavy (non-hydrogen) atoms. The van der Waals surface area contributed by atoms with Crippen molar-refractivity contribution < 1.29 is 19.1 Å². The van der Waals surface area contributed by atoms with Crippen molar-refractivity contribution >= 4 is 29.0 Å². The predicted molar refractivity (Wildman–Crippen MR) is 106 cm³/mol. The number of H-pyrrole nitrogens is 1. The Morgan fingerprint density at radius 2 is 1.89 bits per heavy atom. The number of rotatable bonds is 7. The van der Waals surface area contributed by atoms with Crippen LogP contribution in [0.1, 0.15) is 62.5 Å². The maximum Gasteiger partial charge on any atom is 0.354 e. The highest BCUT2D eigenvalue weighted by molar-refractivity contribution is 7.12. The third kappa shape index (κ3) is 4.30. The molecule has 0 fully saturated rings. The van der Waals surface area contributed by atoms with Crippen LogP contribution in [-0.2, 0) is 4.74 Å². The van der Waals surface area contributed by atoms with Crippen LogP contribution in [0.4, 0.5) is 0 Å². The van der Waals surface area contributed by atoms with Gasteiger partial charge in [-0.05, 0) is 43.7 Å². The molecule has 0 bridgehead atoms. The van der Waals surface area contributed by atoms with E-state index in [4.69, 9.17) is 4.74 Å². The minimum absolute atomic E-state index is 0.154. The van der Waals surface area contributed by atoms with Crippen LogP contribution in [0.15, 0.2) is 17.5 Å². The van der Waals surface area contributed by atoms with E-state index < -0.39 is 12.0 Å². The number of ether oxygens (including phenoxy) is 1. The minimum Gasteiger partial charge on any atom is -0.464 e. The van der Waals surface area contributed by atoms with E-state index in [-0.39, 0.29) is 23.3 Å². The van der Waals surface area contributed by atoms with Crippen molar-refractivity contribution in [1.82, 2.24) is 9.88 Å². The zero-order chi connectivity index (χ0) is 20.3. The second kappa shape index (κ2) is 8.52. The van der Waals surface area contributed by atoms with Gasteiger partial charge in [-0.25, -0.2) is 4.79 Å². The smallest absolute Gasteiger partial charge is 0.354 e. The largest absolute Gasteiger partial charge is 0.464 e. The van der Waals surface area contributed by atoms with E-state index in [9.17, 15) is 14.4 Å². The van der Waals surface area contributed by atoms with E-state index in [0.717, 1.165) is 0 Å². The quantitative estimate of drug-likeness (QED) is 0.575. The molecule has 1 amide bonds. The van der Waals surface area contributed by atoms with Gasteiger partial charge in [0.2, 0.25) is 0 Å².